The van der Waals surface area contributed by atoms with Gasteiger partial charge in [-0.25, -0.2) is 0 Å². The average molecular weight is 212 g/mol. The van der Waals surface area contributed by atoms with Crippen LogP contribution < -0.4 is 0 Å². The zero-order chi connectivity index (χ0) is 10.4. The largest absolute Gasteiger partial charge is 0.382 e. The molecule has 0 N–H and O–H groups in total. The molecule has 1 atom stereocenters. The standard InChI is InChI=1S/C11H16O2S/c1-9(13-2)5-6-10(12)8-11-4-3-7-14-11/h3-4,7,9H,5-6,8H2,1-2H3. The molecule has 0 aliphatic heterocycles. The molecular formula is C11H16O2S. The highest BCUT2D eigenvalue weighted by Crippen LogP contribution is 2.11. The first kappa shape index (κ1) is 11.4. The first-order valence-corrected chi connectivity index (χ1v) is 5.67. The van der Waals surface area contributed by atoms with Crippen molar-refractivity contribution in [2.75, 3.05) is 7.11 Å². The molecule has 0 fully saturated rings. The maximum Gasteiger partial charge on any atom is 0.138 e. The zero-order valence-corrected chi connectivity index (χ0v) is 9.47. The molecule has 0 saturated carbocycles. The van der Waals surface area contributed by atoms with Gasteiger partial charge in [0.05, 0.1) is 6.10 Å². The molecule has 1 aromatic rings. The van der Waals surface area contributed by atoms with Gasteiger partial charge in [0.1, 0.15) is 5.78 Å². The van der Waals surface area contributed by atoms with E-state index in [9.17, 15) is 4.79 Å². The van der Waals surface area contributed by atoms with Gasteiger partial charge in [0.2, 0.25) is 0 Å². The summed E-state index contributed by atoms with van der Waals surface area (Å²) < 4.78 is 5.09. The Kier molecular flexibility index (Phi) is 4.84. The van der Waals surface area contributed by atoms with Crippen LogP contribution >= 0.6 is 11.3 Å². The van der Waals surface area contributed by atoms with Gasteiger partial charge in [-0.1, -0.05) is 6.07 Å². The Labute approximate surface area is 88.9 Å². The lowest BCUT2D eigenvalue weighted by molar-refractivity contribution is -0.119. The van der Waals surface area contributed by atoms with Gasteiger partial charge in [0.15, 0.2) is 0 Å². The van der Waals surface area contributed by atoms with Gasteiger partial charge in [-0.05, 0) is 24.8 Å². The monoisotopic (exact) mass is 212 g/mol. The van der Waals surface area contributed by atoms with Crippen molar-refractivity contribution in [1.82, 2.24) is 0 Å². The van der Waals surface area contributed by atoms with E-state index in [4.69, 9.17) is 4.74 Å². The van der Waals surface area contributed by atoms with Gasteiger partial charge in [-0.15, -0.1) is 11.3 Å². The molecule has 78 valence electrons. The summed E-state index contributed by atoms with van der Waals surface area (Å²) in [5.41, 5.74) is 0. The fraction of sp³-hybridized carbons (Fsp3) is 0.545. The highest BCUT2D eigenvalue weighted by molar-refractivity contribution is 7.10. The Balaban J connectivity index is 2.23. The van der Waals surface area contributed by atoms with Crippen molar-refractivity contribution >= 4 is 17.1 Å². The molecule has 0 bridgehead atoms. The van der Waals surface area contributed by atoms with E-state index in [0.717, 1.165) is 11.3 Å². The van der Waals surface area contributed by atoms with Crippen LogP contribution in [-0.2, 0) is 16.0 Å². The van der Waals surface area contributed by atoms with Crippen molar-refractivity contribution in [2.24, 2.45) is 0 Å². The van der Waals surface area contributed by atoms with Crippen LogP contribution in [0.3, 0.4) is 0 Å². The van der Waals surface area contributed by atoms with E-state index in [1.54, 1.807) is 18.4 Å². The minimum atomic E-state index is 0.183. The summed E-state index contributed by atoms with van der Waals surface area (Å²) in [6.45, 7) is 1.98. The van der Waals surface area contributed by atoms with Gasteiger partial charge in [-0.2, -0.15) is 0 Å². The first-order chi connectivity index (χ1) is 6.72. The number of hydrogen-bond donors (Lipinski definition) is 0. The molecule has 1 aromatic heterocycles. The second-order valence-corrected chi connectivity index (χ2v) is 4.41. The maximum absolute atomic E-state index is 11.5. The third kappa shape index (κ3) is 4.03. The molecule has 0 aliphatic rings. The van der Waals surface area contributed by atoms with Gasteiger partial charge < -0.3 is 4.74 Å². The molecule has 0 radical (unpaired) electrons. The third-order valence-corrected chi connectivity index (χ3v) is 3.06. The molecule has 1 rings (SSSR count). The van der Waals surface area contributed by atoms with E-state index in [1.165, 1.54) is 0 Å². The van der Waals surface area contributed by atoms with Crippen LogP contribution in [0.4, 0.5) is 0 Å². The van der Waals surface area contributed by atoms with Crippen LogP contribution in [0, 0.1) is 0 Å². The number of carbonyl (C=O) groups excluding carboxylic acids is 1. The molecule has 1 unspecified atom stereocenters. The van der Waals surface area contributed by atoms with Gasteiger partial charge >= 0.3 is 0 Å². The quantitative estimate of drug-likeness (QED) is 0.724. The summed E-state index contributed by atoms with van der Waals surface area (Å²) in [4.78, 5) is 12.6. The van der Waals surface area contributed by atoms with Crippen LogP contribution in [0.25, 0.3) is 0 Å². The number of hydrogen-bond acceptors (Lipinski definition) is 3. The van der Waals surface area contributed by atoms with E-state index in [2.05, 4.69) is 0 Å². The van der Waals surface area contributed by atoms with Crippen molar-refractivity contribution in [2.45, 2.75) is 32.3 Å². The maximum atomic E-state index is 11.5. The summed E-state index contributed by atoms with van der Waals surface area (Å²) in [6, 6.07) is 3.98. The van der Waals surface area contributed by atoms with Crippen molar-refractivity contribution in [3.05, 3.63) is 22.4 Å². The van der Waals surface area contributed by atoms with Crippen molar-refractivity contribution in [3.8, 4) is 0 Å². The lowest BCUT2D eigenvalue weighted by Gasteiger charge is -2.07. The normalized spacial score (nSPS) is 12.7. The predicted octanol–water partition coefficient (Wildman–Crippen LogP) is 2.67. The molecule has 0 amide bonds. The fourth-order valence-electron chi connectivity index (χ4n) is 1.18. The first-order valence-electron chi connectivity index (χ1n) is 4.79. The van der Waals surface area contributed by atoms with Crippen molar-refractivity contribution in [3.63, 3.8) is 0 Å². The van der Waals surface area contributed by atoms with Gasteiger partial charge in [0, 0.05) is 24.8 Å². The summed E-state index contributed by atoms with van der Waals surface area (Å²) >= 11 is 1.64. The molecule has 0 saturated heterocycles. The Hall–Kier alpha value is -0.670. The molecular weight excluding hydrogens is 196 g/mol. The number of ketones is 1. The molecule has 3 heteroatoms. The summed E-state index contributed by atoms with van der Waals surface area (Å²) in [5.74, 6) is 0.302. The van der Waals surface area contributed by atoms with Crippen LogP contribution in [0.2, 0.25) is 0 Å². The number of carbonyl (C=O) groups is 1. The highest BCUT2D eigenvalue weighted by Gasteiger charge is 2.07. The van der Waals surface area contributed by atoms with E-state index in [1.807, 2.05) is 24.4 Å². The highest BCUT2D eigenvalue weighted by atomic mass is 32.1. The Bertz CT molecular complexity index is 267. The molecule has 0 aliphatic carbocycles. The minimum Gasteiger partial charge on any atom is -0.382 e. The van der Waals surface area contributed by atoms with E-state index < -0.39 is 0 Å². The van der Waals surface area contributed by atoms with Crippen LogP contribution in [0.15, 0.2) is 17.5 Å². The smallest absolute Gasteiger partial charge is 0.138 e. The topological polar surface area (TPSA) is 26.3 Å². The summed E-state index contributed by atoms with van der Waals surface area (Å²) in [5, 5.41) is 2.00. The zero-order valence-electron chi connectivity index (χ0n) is 8.66. The number of Topliss-reactive ketones (excluding diaryl/α,β-unsaturated/α-hetero) is 1. The number of rotatable bonds is 6. The third-order valence-electron chi connectivity index (χ3n) is 2.18. The van der Waals surface area contributed by atoms with Gasteiger partial charge in [0.25, 0.3) is 0 Å². The van der Waals surface area contributed by atoms with Crippen molar-refractivity contribution in [1.29, 1.82) is 0 Å². The number of ether oxygens (including phenoxy) is 1. The number of thiophene rings is 1. The lowest BCUT2D eigenvalue weighted by atomic mass is 10.1. The number of methoxy groups -OCH3 is 1. The summed E-state index contributed by atoms with van der Waals surface area (Å²) in [7, 11) is 1.68. The second-order valence-electron chi connectivity index (χ2n) is 3.38. The molecule has 1 heterocycles. The Morgan fingerprint density at radius 1 is 1.64 bits per heavy atom. The van der Waals surface area contributed by atoms with Crippen LogP contribution in [-0.4, -0.2) is 19.0 Å². The van der Waals surface area contributed by atoms with E-state index in [0.29, 0.717) is 18.6 Å². The second kappa shape index (κ2) is 5.94. The molecule has 0 spiro atoms. The van der Waals surface area contributed by atoms with Crippen LogP contribution in [0.1, 0.15) is 24.6 Å². The lowest BCUT2D eigenvalue weighted by Crippen LogP contribution is -2.09. The predicted molar refractivity (Wildman–Crippen MR) is 58.7 cm³/mol. The Morgan fingerprint density at radius 3 is 3.00 bits per heavy atom. The van der Waals surface area contributed by atoms with Gasteiger partial charge in [-0.3, -0.25) is 4.79 Å². The average Bonchev–Trinajstić information content (AvgIpc) is 2.66. The van der Waals surface area contributed by atoms with E-state index >= 15 is 0 Å². The fourth-order valence-corrected chi connectivity index (χ4v) is 1.91. The SMILES string of the molecule is COC(C)CCC(=O)Cc1cccs1. The molecule has 14 heavy (non-hydrogen) atoms. The molecule has 0 aromatic carbocycles. The minimum absolute atomic E-state index is 0.183. The van der Waals surface area contributed by atoms with Crippen LogP contribution in [0.5, 0.6) is 0 Å². The molecule has 2 nitrogen and oxygen atoms in total. The Morgan fingerprint density at radius 2 is 2.43 bits per heavy atom. The van der Waals surface area contributed by atoms with Crippen molar-refractivity contribution < 1.29 is 9.53 Å². The summed E-state index contributed by atoms with van der Waals surface area (Å²) in [6.07, 6.45) is 2.20. The van der Waals surface area contributed by atoms with E-state index in [-0.39, 0.29) is 6.10 Å².